The molecule has 1 saturated carbocycles. The fourth-order valence-corrected chi connectivity index (χ4v) is 3.57. The molecule has 8 heteroatoms. The van der Waals surface area contributed by atoms with E-state index in [-0.39, 0.29) is 31.7 Å². The molecule has 8 nitrogen and oxygen atoms in total. The Bertz CT molecular complexity index is 716. The highest BCUT2D eigenvalue weighted by Crippen LogP contribution is 2.49. The Labute approximate surface area is 151 Å². The monoisotopic (exact) mass is 365 g/mol. The number of allylic oxidation sites excluding steroid dienone is 2. The van der Waals surface area contributed by atoms with E-state index in [2.05, 4.69) is 0 Å². The predicted octanol–water partition coefficient (Wildman–Crippen LogP) is 1.40. The van der Waals surface area contributed by atoms with Crippen molar-refractivity contribution < 1.29 is 33.4 Å². The smallest absolute Gasteiger partial charge is 0.410 e. The highest BCUT2D eigenvalue weighted by Gasteiger charge is 2.55. The minimum Gasteiger partial charge on any atom is -0.468 e. The first-order valence-electron chi connectivity index (χ1n) is 8.13. The minimum absolute atomic E-state index is 0.0365. The minimum atomic E-state index is -1.52. The van der Waals surface area contributed by atoms with Crippen molar-refractivity contribution in [1.82, 2.24) is 4.90 Å². The summed E-state index contributed by atoms with van der Waals surface area (Å²) in [5.74, 6) is -1.66. The average molecular weight is 365 g/mol. The van der Waals surface area contributed by atoms with Crippen molar-refractivity contribution >= 4 is 23.8 Å². The third-order valence-electron chi connectivity index (χ3n) is 5.06. The van der Waals surface area contributed by atoms with E-state index >= 15 is 0 Å². The lowest BCUT2D eigenvalue weighted by atomic mass is 9.85. The van der Waals surface area contributed by atoms with Crippen LogP contribution in [0.1, 0.15) is 26.7 Å². The van der Waals surface area contributed by atoms with Crippen molar-refractivity contribution in [3.63, 3.8) is 0 Å². The molecule has 2 rings (SSSR count). The van der Waals surface area contributed by atoms with Gasteiger partial charge in [-0.1, -0.05) is 5.57 Å². The van der Waals surface area contributed by atoms with Crippen LogP contribution in [0.3, 0.4) is 0 Å². The maximum absolute atomic E-state index is 12.6. The molecule has 1 fully saturated rings. The van der Waals surface area contributed by atoms with Gasteiger partial charge in [-0.25, -0.2) is 4.79 Å². The van der Waals surface area contributed by atoms with Gasteiger partial charge in [0.25, 0.3) is 0 Å². The first-order chi connectivity index (χ1) is 12.2. The van der Waals surface area contributed by atoms with Gasteiger partial charge in [-0.15, -0.1) is 0 Å². The predicted molar refractivity (Wildman–Crippen MR) is 90.1 cm³/mol. The molecule has 1 heterocycles. The summed E-state index contributed by atoms with van der Waals surface area (Å²) in [6.45, 7) is 3.48. The van der Waals surface area contributed by atoms with Crippen LogP contribution in [0.15, 0.2) is 22.3 Å². The molecular weight excluding hydrogens is 342 g/mol. The van der Waals surface area contributed by atoms with E-state index in [1.807, 2.05) is 0 Å². The van der Waals surface area contributed by atoms with Crippen LogP contribution in [0.25, 0.3) is 0 Å². The van der Waals surface area contributed by atoms with E-state index in [9.17, 15) is 19.2 Å². The Morgan fingerprint density at radius 2 is 1.42 bits per heavy atom. The van der Waals surface area contributed by atoms with Crippen LogP contribution in [0.4, 0.5) is 4.79 Å². The van der Waals surface area contributed by atoms with E-state index in [1.165, 1.54) is 26.2 Å². The van der Waals surface area contributed by atoms with Crippen LogP contribution >= 0.6 is 0 Å². The maximum Gasteiger partial charge on any atom is 0.410 e. The number of rotatable bonds is 2. The molecule has 0 radical (unpaired) electrons. The van der Waals surface area contributed by atoms with Crippen molar-refractivity contribution in [2.75, 3.05) is 34.4 Å². The largest absolute Gasteiger partial charge is 0.468 e. The lowest BCUT2D eigenvalue weighted by molar-refractivity contribution is -0.168. The second-order valence-corrected chi connectivity index (χ2v) is 6.53. The van der Waals surface area contributed by atoms with E-state index < -0.39 is 23.4 Å². The number of fused-ring (bicyclic) bond motifs is 1. The number of hydrogen-bond acceptors (Lipinski definition) is 7. The van der Waals surface area contributed by atoms with Crippen molar-refractivity contribution in [2.24, 2.45) is 5.41 Å². The summed E-state index contributed by atoms with van der Waals surface area (Å²) in [6.07, 6.45) is -0.512. The summed E-state index contributed by atoms with van der Waals surface area (Å²) in [6, 6.07) is 0. The average Bonchev–Trinajstić information content (AvgIpc) is 3.05. The zero-order chi connectivity index (χ0) is 19.6. The Kier molecular flexibility index (Phi) is 5.53. The summed E-state index contributed by atoms with van der Waals surface area (Å²) in [5.41, 5.74) is 1.04. The lowest BCUT2D eigenvalue weighted by Gasteiger charge is -2.25. The summed E-state index contributed by atoms with van der Waals surface area (Å²) in [7, 11) is 3.66. The van der Waals surface area contributed by atoms with Crippen molar-refractivity contribution in [1.29, 1.82) is 0 Å². The van der Waals surface area contributed by atoms with Gasteiger partial charge >= 0.3 is 18.0 Å². The van der Waals surface area contributed by atoms with E-state index in [4.69, 9.17) is 14.2 Å². The van der Waals surface area contributed by atoms with Crippen LogP contribution in [0.5, 0.6) is 0 Å². The molecule has 26 heavy (non-hydrogen) atoms. The van der Waals surface area contributed by atoms with Gasteiger partial charge in [-0.05, 0) is 37.0 Å². The van der Waals surface area contributed by atoms with Crippen molar-refractivity contribution in [3.05, 3.63) is 22.3 Å². The van der Waals surface area contributed by atoms with Crippen LogP contribution in [0.2, 0.25) is 0 Å². The number of carbonyl (C=O) groups excluding carboxylic acids is 4. The molecule has 0 unspecified atom stereocenters. The second-order valence-electron chi connectivity index (χ2n) is 6.53. The lowest BCUT2D eigenvalue weighted by Crippen LogP contribution is -2.39. The molecule has 1 aliphatic heterocycles. The number of methoxy groups -OCH3 is 3. The Morgan fingerprint density at radius 1 is 0.885 bits per heavy atom. The third kappa shape index (κ3) is 3.11. The number of carbonyl (C=O) groups is 4. The van der Waals surface area contributed by atoms with Gasteiger partial charge in [0.1, 0.15) is 0 Å². The normalized spacial score (nSPS) is 25.1. The van der Waals surface area contributed by atoms with Gasteiger partial charge in [0.15, 0.2) is 11.2 Å². The SMILES string of the molecule is COC(=O)N1CC(=O)/C(C)=C2/CC(C(=O)OC)(C(=O)OC)C/C2=C(\C)C1. The van der Waals surface area contributed by atoms with Gasteiger partial charge in [-0.2, -0.15) is 0 Å². The molecule has 2 aliphatic rings. The zero-order valence-corrected chi connectivity index (χ0v) is 15.6. The van der Waals surface area contributed by atoms with Gasteiger partial charge in [0.05, 0.1) is 27.9 Å². The van der Waals surface area contributed by atoms with Crippen molar-refractivity contribution in [2.45, 2.75) is 26.7 Å². The maximum atomic E-state index is 12.6. The number of ether oxygens (including phenoxy) is 3. The highest BCUT2D eigenvalue weighted by atomic mass is 16.5. The number of hydrogen-bond donors (Lipinski definition) is 0. The topological polar surface area (TPSA) is 99.2 Å². The second kappa shape index (κ2) is 7.31. The Morgan fingerprint density at radius 3 is 1.92 bits per heavy atom. The molecule has 0 N–H and O–H groups in total. The Hall–Kier alpha value is -2.64. The molecule has 0 saturated heterocycles. The highest BCUT2D eigenvalue weighted by molar-refractivity contribution is 6.04. The molecule has 0 aromatic carbocycles. The molecular formula is C18H23NO7. The summed E-state index contributed by atoms with van der Waals surface area (Å²) >= 11 is 0. The molecule has 1 aliphatic carbocycles. The molecule has 0 bridgehead atoms. The van der Waals surface area contributed by atoms with Crippen LogP contribution < -0.4 is 0 Å². The van der Waals surface area contributed by atoms with Crippen molar-refractivity contribution in [3.8, 4) is 0 Å². The van der Waals surface area contributed by atoms with Crippen LogP contribution in [-0.4, -0.2) is 63.1 Å². The summed E-state index contributed by atoms with van der Waals surface area (Å²) in [5, 5.41) is 0. The molecule has 142 valence electrons. The fraction of sp³-hybridized carbons (Fsp3) is 0.556. The number of nitrogens with zero attached hydrogens (tertiary/aromatic N) is 1. The molecule has 0 aromatic rings. The molecule has 1 amide bonds. The number of amides is 1. The van der Waals surface area contributed by atoms with Crippen LogP contribution in [-0.2, 0) is 28.6 Å². The zero-order valence-electron chi connectivity index (χ0n) is 15.6. The van der Waals surface area contributed by atoms with Gasteiger partial charge < -0.3 is 14.2 Å². The first kappa shape index (κ1) is 19.7. The first-order valence-corrected chi connectivity index (χ1v) is 8.13. The standard InChI is InChI=1S/C18H23NO7/c1-10-8-19(17(23)26-5)9-14(20)11(2)13-7-18(6-12(10)13,15(21)24-3)16(22)25-4/h6-9H2,1-5H3/b12-10-,13-11-. The summed E-state index contributed by atoms with van der Waals surface area (Å²) in [4.78, 5) is 50.6. The number of esters is 2. The van der Waals surface area contributed by atoms with Gasteiger partial charge in [0, 0.05) is 13.0 Å². The quantitative estimate of drug-likeness (QED) is 0.414. The fourth-order valence-electron chi connectivity index (χ4n) is 3.57. The van der Waals surface area contributed by atoms with Gasteiger partial charge in [0.2, 0.25) is 0 Å². The van der Waals surface area contributed by atoms with E-state index in [0.29, 0.717) is 16.7 Å². The third-order valence-corrected chi connectivity index (χ3v) is 5.06. The molecule has 0 atom stereocenters. The van der Waals surface area contributed by atoms with Crippen LogP contribution in [0, 0.1) is 5.41 Å². The van der Waals surface area contributed by atoms with E-state index in [0.717, 1.165) is 5.57 Å². The molecule has 0 spiro atoms. The molecule has 0 aromatic heterocycles. The van der Waals surface area contributed by atoms with E-state index in [1.54, 1.807) is 13.8 Å². The number of ketones is 1. The van der Waals surface area contributed by atoms with Gasteiger partial charge in [-0.3, -0.25) is 19.3 Å². The summed E-state index contributed by atoms with van der Waals surface area (Å²) < 4.78 is 14.4. The number of Topliss-reactive ketones (excluding diaryl/α,β-unsaturated/α-hetero) is 1. The Balaban J connectivity index is 2.60.